The molecule has 3 nitrogen and oxygen atoms in total. The SMILES string of the molecule is COc1ccc(CCNC(CO)C(C)C)cc1C. The lowest BCUT2D eigenvalue weighted by Gasteiger charge is -2.20. The Labute approximate surface area is 110 Å². The third-order valence-corrected chi connectivity index (χ3v) is 3.28. The molecule has 0 amide bonds. The van der Waals surface area contributed by atoms with Crippen molar-refractivity contribution in [3.63, 3.8) is 0 Å². The Balaban J connectivity index is 2.46. The molecule has 0 spiro atoms. The van der Waals surface area contributed by atoms with Crippen LogP contribution in [0.15, 0.2) is 18.2 Å². The van der Waals surface area contributed by atoms with Crippen molar-refractivity contribution in [3.8, 4) is 5.75 Å². The zero-order valence-corrected chi connectivity index (χ0v) is 11.9. The van der Waals surface area contributed by atoms with Crippen molar-refractivity contribution in [1.82, 2.24) is 5.32 Å². The van der Waals surface area contributed by atoms with Gasteiger partial charge in [0.1, 0.15) is 5.75 Å². The first-order chi connectivity index (χ1) is 8.58. The summed E-state index contributed by atoms with van der Waals surface area (Å²) in [5.74, 6) is 1.38. The summed E-state index contributed by atoms with van der Waals surface area (Å²) in [6.45, 7) is 7.37. The fourth-order valence-electron chi connectivity index (χ4n) is 2.01. The Morgan fingerprint density at radius 1 is 1.33 bits per heavy atom. The summed E-state index contributed by atoms with van der Waals surface area (Å²) >= 11 is 0. The number of aryl methyl sites for hydroxylation is 1. The normalized spacial score (nSPS) is 12.8. The van der Waals surface area contributed by atoms with Gasteiger partial charge in [0.25, 0.3) is 0 Å². The average molecular weight is 251 g/mol. The molecule has 1 unspecified atom stereocenters. The van der Waals surface area contributed by atoms with E-state index in [1.165, 1.54) is 5.56 Å². The van der Waals surface area contributed by atoms with Crippen LogP contribution in [0.2, 0.25) is 0 Å². The second kappa shape index (κ2) is 7.39. The van der Waals surface area contributed by atoms with E-state index in [9.17, 15) is 5.11 Å². The number of methoxy groups -OCH3 is 1. The van der Waals surface area contributed by atoms with Crippen LogP contribution in [0.3, 0.4) is 0 Å². The van der Waals surface area contributed by atoms with Crippen LogP contribution in [-0.4, -0.2) is 31.4 Å². The molecule has 0 aliphatic carbocycles. The summed E-state index contributed by atoms with van der Waals surface area (Å²) in [7, 11) is 1.69. The Bertz CT molecular complexity index is 364. The summed E-state index contributed by atoms with van der Waals surface area (Å²) < 4.78 is 5.24. The molecule has 1 aromatic rings. The summed E-state index contributed by atoms with van der Waals surface area (Å²) in [4.78, 5) is 0. The lowest BCUT2D eigenvalue weighted by molar-refractivity contribution is 0.212. The number of hydrogen-bond acceptors (Lipinski definition) is 3. The van der Waals surface area contributed by atoms with Crippen molar-refractivity contribution in [3.05, 3.63) is 29.3 Å². The molecule has 0 saturated heterocycles. The van der Waals surface area contributed by atoms with Crippen molar-refractivity contribution < 1.29 is 9.84 Å². The fourth-order valence-corrected chi connectivity index (χ4v) is 2.01. The molecule has 1 rings (SSSR count). The van der Waals surface area contributed by atoms with Crippen LogP contribution in [-0.2, 0) is 6.42 Å². The van der Waals surface area contributed by atoms with Crippen LogP contribution >= 0.6 is 0 Å². The second-order valence-electron chi connectivity index (χ2n) is 5.04. The first-order valence-electron chi connectivity index (χ1n) is 6.56. The van der Waals surface area contributed by atoms with E-state index in [1.807, 2.05) is 6.07 Å². The van der Waals surface area contributed by atoms with Gasteiger partial charge in [-0.3, -0.25) is 0 Å². The predicted molar refractivity (Wildman–Crippen MR) is 75.1 cm³/mol. The molecule has 18 heavy (non-hydrogen) atoms. The van der Waals surface area contributed by atoms with Gasteiger partial charge in [-0.05, 0) is 43.0 Å². The van der Waals surface area contributed by atoms with E-state index in [2.05, 4.69) is 38.2 Å². The molecule has 2 N–H and O–H groups in total. The molecule has 1 aromatic carbocycles. The number of rotatable bonds is 7. The first kappa shape index (κ1) is 15.0. The summed E-state index contributed by atoms with van der Waals surface area (Å²) in [5, 5.41) is 12.6. The van der Waals surface area contributed by atoms with Gasteiger partial charge >= 0.3 is 0 Å². The zero-order valence-electron chi connectivity index (χ0n) is 11.9. The lowest BCUT2D eigenvalue weighted by atomic mass is 10.0. The average Bonchev–Trinajstić information content (AvgIpc) is 2.34. The number of nitrogens with one attached hydrogen (secondary N) is 1. The molecular weight excluding hydrogens is 226 g/mol. The molecule has 0 saturated carbocycles. The van der Waals surface area contributed by atoms with E-state index in [1.54, 1.807) is 7.11 Å². The van der Waals surface area contributed by atoms with Crippen molar-refractivity contribution in [2.75, 3.05) is 20.3 Å². The minimum absolute atomic E-state index is 0.185. The minimum Gasteiger partial charge on any atom is -0.496 e. The number of ether oxygens (including phenoxy) is 1. The van der Waals surface area contributed by atoms with Crippen molar-refractivity contribution in [2.24, 2.45) is 5.92 Å². The van der Waals surface area contributed by atoms with Gasteiger partial charge < -0.3 is 15.2 Å². The van der Waals surface area contributed by atoms with E-state index in [-0.39, 0.29) is 12.6 Å². The maximum Gasteiger partial charge on any atom is 0.121 e. The highest BCUT2D eigenvalue weighted by Gasteiger charge is 2.10. The third-order valence-electron chi connectivity index (χ3n) is 3.28. The Hall–Kier alpha value is -1.06. The van der Waals surface area contributed by atoms with Crippen molar-refractivity contribution in [2.45, 2.75) is 33.2 Å². The number of aliphatic hydroxyl groups is 1. The molecule has 0 radical (unpaired) electrons. The number of aliphatic hydroxyl groups excluding tert-OH is 1. The topological polar surface area (TPSA) is 41.5 Å². The van der Waals surface area contributed by atoms with Crippen molar-refractivity contribution in [1.29, 1.82) is 0 Å². The fraction of sp³-hybridized carbons (Fsp3) is 0.600. The highest BCUT2D eigenvalue weighted by Crippen LogP contribution is 2.18. The van der Waals surface area contributed by atoms with Gasteiger partial charge in [0.2, 0.25) is 0 Å². The maximum absolute atomic E-state index is 9.23. The summed E-state index contributed by atoms with van der Waals surface area (Å²) in [6, 6.07) is 6.45. The van der Waals surface area contributed by atoms with Crippen LogP contribution < -0.4 is 10.1 Å². The van der Waals surface area contributed by atoms with E-state index >= 15 is 0 Å². The van der Waals surface area contributed by atoms with Gasteiger partial charge in [0.15, 0.2) is 0 Å². The van der Waals surface area contributed by atoms with Gasteiger partial charge in [0.05, 0.1) is 13.7 Å². The molecule has 0 bridgehead atoms. The molecule has 102 valence electrons. The third kappa shape index (κ3) is 4.31. The molecule has 0 fully saturated rings. The molecule has 1 atom stereocenters. The Morgan fingerprint density at radius 2 is 2.06 bits per heavy atom. The monoisotopic (exact) mass is 251 g/mol. The van der Waals surface area contributed by atoms with Crippen LogP contribution in [0.5, 0.6) is 5.75 Å². The molecule has 0 aromatic heterocycles. The first-order valence-corrected chi connectivity index (χ1v) is 6.56. The van der Waals surface area contributed by atoms with E-state index < -0.39 is 0 Å². The van der Waals surface area contributed by atoms with Crippen LogP contribution in [0.4, 0.5) is 0 Å². The number of benzene rings is 1. The van der Waals surface area contributed by atoms with E-state index in [0.717, 1.165) is 24.3 Å². The van der Waals surface area contributed by atoms with Crippen molar-refractivity contribution >= 4 is 0 Å². The Kier molecular flexibility index (Phi) is 6.16. The highest BCUT2D eigenvalue weighted by atomic mass is 16.5. The van der Waals surface area contributed by atoms with E-state index in [0.29, 0.717) is 5.92 Å². The van der Waals surface area contributed by atoms with Gasteiger partial charge in [0, 0.05) is 6.04 Å². The van der Waals surface area contributed by atoms with Crippen LogP contribution in [0.25, 0.3) is 0 Å². The molecule has 0 heterocycles. The second-order valence-corrected chi connectivity index (χ2v) is 5.04. The summed E-state index contributed by atoms with van der Waals surface area (Å²) in [5.41, 5.74) is 2.46. The maximum atomic E-state index is 9.23. The smallest absolute Gasteiger partial charge is 0.121 e. The largest absolute Gasteiger partial charge is 0.496 e. The van der Waals surface area contributed by atoms with Gasteiger partial charge in [-0.2, -0.15) is 0 Å². The minimum atomic E-state index is 0.185. The predicted octanol–water partition coefficient (Wildman–Crippen LogP) is 2.15. The molecule has 0 aliphatic rings. The van der Waals surface area contributed by atoms with Gasteiger partial charge in [-0.25, -0.2) is 0 Å². The number of hydrogen-bond donors (Lipinski definition) is 2. The van der Waals surface area contributed by atoms with Gasteiger partial charge in [-0.15, -0.1) is 0 Å². The highest BCUT2D eigenvalue weighted by molar-refractivity contribution is 5.36. The van der Waals surface area contributed by atoms with Gasteiger partial charge in [-0.1, -0.05) is 26.0 Å². The van der Waals surface area contributed by atoms with E-state index in [4.69, 9.17) is 4.74 Å². The standard InChI is InChI=1S/C15H25NO2/c1-11(2)14(10-17)16-8-7-13-5-6-15(18-4)12(3)9-13/h5-6,9,11,14,16-17H,7-8,10H2,1-4H3. The molecular formula is C15H25NO2. The molecule has 0 aliphatic heterocycles. The zero-order chi connectivity index (χ0) is 13.5. The summed E-state index contributed by atoms with van der Waals surface area (Å²) in [6.07, 6.45) is 0.966. The quantitative estimate of drug-likeness (QED) is 0.780. The van der Waals surface area contributed by atoms with Crippen LogP contribution in [0, 0.1) is 12.8 Å². The Morgan fingerprint density at radius 3 is 2.56 bits per heavy atom. The lowest BCUT2D eigenvalue weighted by Crippen LogP contribution is -2.38. The molecule has 3 heteroatoms. The van der Waals surface area contributed by atoms with Crippen LogP contribution in [0.1, 0.15) is 25.0 Å².